The van der Waals surface area contributed by atoms with E-state index in [0.29, 0.717) is 11.4 Å². The standard InChI is InChI=1S/C17H12BrN3O/c1-10-2-5-12(6-3-10)21-17-16-15(19-9-20-17)13-8-11(18)4-7-14(13)22-16/h2-9H,1H3,(H,19,20,21). The largest absolute Gasteiger partial charge is 0.450 e. The van der Waals surface area contributed by atoms with Crippen molar-refractivity contribution in [1.29, 1.82) is 0 Å². The minimum Gasteiger partial charge on any atom is -0.450 e. The van der Waals surface area contributed by atoms with Gasteiger partial charge in [0.15, 0.2) is 11.4 Å². The van der Waals surface area contributed by atoms with Crippen LogP contribution in [0.5, 0.6) is 0 Å². The van der Waals surface area contributed by atoms with Crippen LogP contribution in [0.1, 0.15) is 5.56 Å². The molecule has 4 rings (SSSR count). The highest BCUT2D eigenvalue weighted by Crippen LogP contribution is 2.33. The second-order valence-corrected chi connectivity index (χ2v) is 6.05. The van der Waals surface area contributed by atoms with E-state index in [1.807, 2.05) is 30.3 Å². The van der Waals surface area contributed by atoms with Crippen molar-refractivity contribution in [2.24, 2.45) is 0 Å². The normalized spacial score (nSPS) is 11.2. The molecule has 0 atom stereocenters. The molecule has 1 N–H and O–H groups in total. The number of hydrogen-bond acceptors (Lipinski definition) is 4. The molecule has 2 aromatic carbocycles. The number of aryl methyl sites for hydroxylation is 1. The van der Waals surface area contributed by atoms with Crippen LogP contribution in [-0.2, 0) is 0 Å². The molecule has 0 radical (unpaired) electrons. The van der Waals surface area contributed by atoms with Gasteiger partial charge in [-0.25, -0.2) is 9.97 Å². The van der Waals surface area contributed by atoms with Crippen LogP contribution >= 0.6 is 15.9 Å². The molecule has 0 aliphatic rings. The van der Waals surface area contributed by atoms with Crippen LogP contribution < -0.4 is 5.32 Å². The number of hydrogen-bond donors (Lipinski definition) is 1. The molecule has 4 nitrogen and oxygen atoms in total. The molecule has 0 aliphatic heterocycles. The summed E-state index contributed by atoms with van der Waals surface area (Å²) in [5.41, 5.74) is 4.45. The van der Waals surface area contributed by atoms with Gasteiger partial charge in [0.25, 0.3) is 0 Å². The zero-order valence-corrected chi connectivity index (χ0v) is 13.4. The van der Waals surface area contributed by atoms with Gasteiger partial charge in [0.2, 0.25) is 0 Å². The monoisotopic (exact) mass is 353 g/mol. The molecule has 22 heavy (non-hydrogen) atoms. The molecule has 0 bridgehead atoms. The molecule has 0 spiro atoms. The van der Waals surface area contributed by atoms with Crippen LogP contribution in [0.4, 0.5) is 11.5 Å². The molecule has 0 amide bonds. The molecular weight excluding hydrogens is 342 g/mol. The summed E-state index contributed by atoms with van der Waals surface area (Å²) in [4.78, 5) is 8.68. The van der Waals surface area contributed by atoms with Gasteiger partial charge in [-0.05, 0) is 37.3 Å². The van der Waals surface area contributed by atoms with E-state index in [-0.39, 0.29) is 0 Å². The number of furan rings is 1. The van der Waals surface area contributed by atoms with Crippen molar-refractivity contribution in [2.45, 2.75) is 6.92 Å². The number of rotatable bonds is 2. The molecule has 0 unspecified atom stereocenters. The lowest BCUT2D eigenvalue weighted by Crippen LogP contribution is -1.94. The van der Waals surface area contributed by atoms with Crippen LogP contribution in [-0.4, -0.2) is 9.97 Å². The molecule has 2 heterocycles. The van der Waals surface area contributed by atoms with Crippen molar-refractivity contribution in [3.63, 3.8) is 0 Å². The maximum absolute atomic E-state index is 5.93. The Morgan fingerprint density at radius 1 is 1.05 bits per heavy atom. The molecule has 0 saturated carbocycles. The Bertz CT molecular complexity index is 976. The summed E-state index contributed by atoms with van der Waals surface area (Å²) in [6, 6.07) is 14.0. The van der Waals surface area contributed by atoms with Crippen molar-refractivity contribution >= 4 is 49.5 Å². The van der Waals surface area contributed by atoms with Gasteiger partial charge >= 0.3 is 0 Å². The summed E-state index contributed by atoms with van der Waals surface area (Å²) < 4.78 is 6.92. The molecule has 108 valence electrons. The Morgan fingerprint density at radius 3 is 2.68 bits per heavy atom. The first-order valence-corrected chi connectivity index (χ1v) is 7.66. The molecular formula is C17H12BrN3O. The molecule has 4 aromatic rings. The maximum atomic E-state index is 5.93. The topological polar surface area (TPSA) is 51.0 Å². The van der Waals surface area contributed by atoms with Gasteiger partial charge in [-0.3, -0.25) is 0 Å². The fourth-order valence-electron chi connectivity index (χ4n) is 2.41. The zero-order chi connectivity index (χ0) is 15.1. The number of nitrogens with zero attached hydrogens (tertiary/aromatic N) is 2. The Kier molecular flexibility index (Phi) is 3.08. The molecule has 0 fully saturated rings. The third-order valence-corrected chi connectivity index (χ3v) is 4.02. The SMILES string of the molecule is Cc1ccc(Nc2ncnc3c2oc2ccc(Br)cc23)cc1. The average molecular weight is 354 g/mol. The summed E-state index contributed by atoms with van der Waals surface area (Å²) >= 11 is 3.48. The highest BCUT2D eigenvalue weighted by molar-refractivity contribution is 9.10. The predicted molar refractivity (Wildman–Crippen MR) is 91.5 cm³/mol. The third kappa shape index (κ3) is 2.23. The van der Waals surface area contributed by atoms with Crippen LogP contribution in [0.25, 0.3) is 22.1 Å². The number of anilines is 2. The van der Waals surface area contributed by atoms with Gasteiger partial charge in [0.1, 0.15) is 17.4 Å². The van der Waals surface area contributed by atoms with Crippen molar-refractivity contribution in [3.05, 3.63) is 58.8 Å². The van der Waals surface area contributed by atoms with Gasteiger partial charge in [0.05, 0.1) is 0 Å². The van der Waals surface area contributed by atoms with E-state index >= 15 is 0 Å². The molecule has 2 aromatic heterocycles. The van der Waals surface area contributed by atoms with Crippen LogP contribution in [0.2, 0.25) is 0 Å². The number of nitrogens with one attached hydrogen (secondary N) is 1. The fraction of sp³-hybridized carbons (Fsp3) is 0.0588. The van der Waals surface area contributed by atoms with Crippen LogP contribution in [0.15, 0.2) is 57.7 Å². The summed E-state index contributed by atoms with van der Waals surface area (Å²) in [6.45, 7) is 2.06. The van der Waals surface area contributed by atoms with E-state index in [9.17, 15) is 0 Å². The molecule has 0 aliphatic carbocycles. The van der Waals surface area contributed by atoms with Gasteiger partial charge in [-0.15, -0.1) is 0 Å². The first-order chi connectivity index (χ1) is 10.7. The number of benzene rings is 2. The number of fused-ring (bicyclic) bond motifs is 3. The van der Waals surface area contributed by atoms with E-state index in [0.717, 1.165) is 26.6 Å². The Morgan fingerprint density at radius 2 is 1.86 bits per heavy atom. The van der Waals surface area contributed by atoms with E-state index in [1.54, 1.807) is 6.33 Å². The Hall–Kier alpha value is -2.40. The lowest BCUT2D eigenvalue weighted by molar-refractivity contribution is 0.667. The van der Waals surface area contributed by atoms with Crippen LogP contribution in [0.3, 0.4) is 0 Å². The summed E-state index contributed by atoms with van der Waals surface area (Å²) in [7, 11) is 0. The first-order valence-electron chi connectivity index (χ1n) is 6.87. The molecule has 0 saturated heterocycles. The number of aromatic nitrogens is 2. The quantitative estimate of drug-likeness (QED) is 0.538. The van der Waals surface area contributed by atoms with Crippen molar-refractivity contribution in [2.75, 3.05) is 5.32 Å². The summed E-state index contributed by atoms with van der Waals surface area (Å²) in [6.07, 6.45) is 1.55. The minimum atomic E-state index is 0.663. The molecule has 5 heteroatoms. The highest BCUT2D eigenvalue weighted by atomic mass is 79.9. The fourth-order valence-corrected chi connectivity index (χ4v) is 2.77. The minimum absolute atomic E-state index is 0.663. The van der Waals surface area contributed by atoms with Gasteiger partial charge in [-0.1, -0.05) is 33.6 Å². The van der Waals surface area contributed by atoms with Crippen molar-refractivity contribution < 1.29 is 4.42 Å². The van der Waals surface area contributed by atoms with Gasteiger partial charge in [0, 0.05) is 15.5 Å². The van der Waals surface area contributed by atoms with Gasteiger partial charge in [-0.2, -0.15) is 0 Å². The van der Waals surface area contributed by atoms with E-state index in [1.165, 1.54) is 5.56 Å². The third-order valence-electron chi connectivity index (χ3n) is 3.53. The average Bonchev–Trinajstić information content (AvgIpc) is 2.89. The Labute approximate surface area is 135 Å². The lowest BCUT2D eigenvalue weighted by atomic mass is 10.2. The summed E-state index contributed by atoms with van der Waals surface area (Å²) in [5, 5.41) is 4.26. The summed E-state index contributed by atoms with van der Waals surface area (Å²) in [5.74, 6) is 0.668. The maximum Gasteiger partial charge on any atom is 0.196 e. The predicted octanol–water partition coefficient (Wildman–Crippen LogP) is 5.19. The van der Waals surface area contributed by atoms with Gasteiger partial charge < -0.3 is 9.73 Å². The Balaban J connectivity index is 1.87. The highest BCUT2D eigenvalue weighted by Gasteiger charge is 2.13. The van der Waals surface area contributed by atoms with Crippen LogP contribution in [0, 0.1) is 6.92 Å². The van der Waals surface area contributed by atoms with E-state index < -0.39 is 0 Å². The van der Waals surface area contributed by atoms with E-state index in [4.69, 9.17) is 4.42 Å². The smallest absolute Gasteiger partial charge is 0.196 e. The lowest BCUT2D eigenvalue weighted by Gasteiger charge is -2.05. The van der Waals surface area contributed by atoms with Crippen molar-refractivity contribution in [3.8, 4) is 0 Å². The first kappa shape index (κ1) is 13.3. The second-order valence-electron chi connectivity index (χ2n) is 5.13. The van der Waals surface area contributed by atoms with E-state index in [2.05, 4.69) is 50.3 Å². The van der Waals surface area contributed by atoms with Crippen molar-refractivity contribution in [1.82, 2.24) is 9.97 Å². The zero-order valence-electron chi connectivity index (χ0n) is 11.8. The number of halogens is 1. The second kappa shape index (κ2) is 5.10.